The van der Waals surface area contributed by atoms with Crippen molar-refractivity contribution in [3.63, 3.8) is 0 Å². The molecular weight excluding hydrogens is 965 g/mol. The van der Waals surface area contributed by atoms with E-state index >= 15 is 0 Å². The van der Waals surface area contributed by atoms with Gasteiger partial charge in [0.2, 0.25) is 0 Å². The first-order chi connectivity index (χ1) is 37.8. The molecule has 14 rings (SSSR count). The Bertz CT molecular complexity index is 3770. The predicted octanol–water partition coefficient (Wildman–Crippen LogP) is 13.7. The van der Waals surface area contributed by atoms with Crippen LogP contribution in [0.5, 0.6) is 34.5 Å². The fraction of sp³-hybridized carbons (Fsp3) is 0.169. The number of rotatable bonds is 5. The van der Waals surface area contributed by atoms with E-state index in [1.807, 2.05) is 117 Å². The highest BCUT2D eigenvalue weighted by Crippen LogP contribution is 2.35. The molecule has 0 fully saturated rings. The fourth-order valence-electron chi connectivity index (χ4n) is 9.67. The maximum absolute atomic E-state index is 9.82. The Labute approximate surface area is 445 Å². The molecule has 12 heteroatoms. The molecule has 11 aromatic rings. The van der Waals surface area contributed by atoms with Crippen LogP contribution in [0.25, 0.3) is 88.4 Å². The third-order valence-corrected chi connectivity index (χ3v) is 13.6. The smallest absolute Gasteiger partial charge is 0.123 e. The molecule has 0 aliphatic carbocycles. The molecule has 0 radical (unpaired) electrons. The van der Waals surface area contributed by atoms with Gasteiger partial charge in [0, 0.05) is 61.3 Å². The minimum Gasteiger partial charge on any atom is -0.508 e. The van der Waals surface area contributed by atoms with Crippen LogP contribution < -0.4 is 23.7 Å². The van der Waals surface area contributed by atoms with Crippen LogP contribution in [0.1, 0.15) is 17.0 Å². The van der Waals surface area contributed by atoms with E-state index in [0.29, 0.717) is 64.4 Å². The van der Waals surface area contributed by atoms with Gasteiger partial charge in [-0.2, -0.15) is 0 Å². The van der Waals surface area contributed by atoms with Crippen molar-refractivity contribution in [1.29, 1.82) is 0 Å². The van der Waals surface area contributed by atoms with Gasteiger partial charge in [0.05, 0.1) is 59.9 Å². The SMILES string of the molecule is Cc1nc2c(ccc3cc(-c4ccc(OCc5cc6cc(c5)OCCOCCOc5ccc(cc5)-c5ccc7ccc8ccc(nc8c7n5)-c5ccc(cc5)OCCOCCO6)cc4)c(C)nc32)cc1-c1ccc(O)cc1. The molecule has 10 bridgehead atoms. The third kappa shape index (κ3) is 11.0. The van der Waals surface area contributed by atoms with Crippen LogP contribution in [0, 0.1) is 13.8 Å². The second-order valence-electron chi connectivity index (χ2n) is 18.9. The van der Waals surface area contributed by atoms with Gasteiger partial charge in [-0.05, 0) is 140 Å². The van der Waals surface area contributed by atoms with E-state index in [4.69, 9.17) is 53.1 Å². The van der Waals surface area contributed by atoms with Gasteiger partial charge in [0.1, 0.15) is 67.5 Å². The molecule has 382 valence electrons. The molecule has 77 heavy (non-hydrogen) atoms. The zero-order chi connectivity index (χ0) is 52.1. The van der Waals surface area contributed by atoms with Crippen molar-refractivity contribution in [3.8, 4) is 79.3 Å². The number of phenols is 1. The summed E-state index contributed by atoms with van der Waals surface area (Å²) in [4.78, 5) is 20.3. The first-order valence-corrected chi connectivity index (χ1v) is 25.8. The van der Waals surface area contributed by atoms with Crippen molar-refractivity contribution in [2.75, 3.05) is 52.9 Å². The Morgan fingerprint density at radius 1 is 0.377 bits per heavy atom. The molecule has 7 heterocycles. The zero-order valence-electron chi connectivity index (χ0n) is 42.7. The predicted molar refractivity (Wildman–Crippen MR) is 301 cm³/mol. The Balaban J connectivity index is 0.710. The molecule has 0 amide bonds. The lowest BCUT2D eigenvalue weighted by Crippen LogP contribution is -2.13. The van der Waals surface area contributed by atoms with Crippen molar-refractivity contribution in [3.05, 3.63) is 193 Å². The van der Waals surface area contributed by atoms with E-state index in [9.17, 15) is 5.11 Å². The molecule has 12 nitrogen and oxygen atoms in total. The third-order valence-electron chi connectivity index (χ3n) is 13.6. The maximum Gasteiger partial charge on any atom is 0.123 e. The molecule has 7 aromatic carbocycles. The van der Waals surface area contributed by atoms with Gasteiger partial charge in [0.15, 0.2) is 0 Å². The number of hydrogen-bond donors (Lipinski definition) is 1. The molecule has 1 N–H and O–H groups in total. The highest BCUT2D eigenvalue weighted by Gasteiger charge is 2.15. The summed E-state index contributed by atoms with van der Waals surface area (Å²) in [5.74, 6) is 3.71. The summed E-state index contributed by atoms with van der Waals surface area (Å²) in [7, 11) is 0. The largest absolute Gasteiger partial charge is 0.508 e. The zero-order valence-corrected chi connectivity index (χ0v) is 42.7. The van der Waals surface area contributed by atoms with Crippen molar-refractivity contribution in [2.24, 2.45) is 0 Å². The van der Waals surface area contributed by atoms with Crippen LogP contribution in [-0.2, 0) is 16.1 Å². The molecule has 3 aliphatic heterocycles. The number of nitrogens with zero attached hydrogens (tertiary/aromatic N) is 4. The molecular formula is C65H54N4O8. The normalized spacial score (nSPS) is 13.6. The van der Waals surface area contributed by atoms with E-state index in [1.165, 1.54) is 0 Å². The summed E-state index contributed by atoms with van der Waals surface area (Å²) in [6.45, 7) is 7.27. The van der Waals surface area contributed by atoms with Gasteiger partial charge in [-0.15, -0.1) is 0 Å². The fourth-order valence-corrected chi connectivity index (χ4v) is 9.67. The number of aromatic nitrogens is 4. The van der Waals surface area contributed by atoms with Crippen molar-refractivity contribution in [1.82, 2.24) is 19.9 Å². The first-order valence-electron chi connectivity index (χ1n) is 25.8. The van der Waals surface area contributed by atoms with Gasteiger partial charge in [-0.25, -0.2) is 9.97 Å². The average Bonchev–Trinajstić information content (AvgIpc) is 3.49. The van der Waals surface area contributed by atoms with Crippen LogP contribution in [-0.4, -0.2) is 77.9 Å². The summed E-state index contributed by atoms with van der Waals surface area (Å²) < 4.78 is 42.6. The van der Waals surface area contributed by atoms with Gasteiger partial charge >= 0.3 is 0 Å². The van der Waals surface area contributed by atoms with Crippen LogP contribution in [0.4, 0.5) is 0 Å². The van der Waals surface area contributed by atoms with Crippen LogP contribution in [0.2, 0.25) is 0 Å². The van der Waals surface area contributed by atoms with Crippen LogP contribution in [0.3, 0.4) is 0 Å². The number of pyridine rings is 4. The lowest BCUT2D eigenvalue weighted by molar-refractivity contribution is 0.0746. The summed E-state index contributed by atoms with van der Waals surface area (Å²) in [6.07, 6.45) is 0. The Morgan fingerprint density at radius 3 is 1.23 bits per heavy atom. The monoisotopic (exact) mass is 1020 g/mol. The summed E-state index contributed by atoms with van der Waals surface area (Å²) >= 11 is 0. The number of phenolic OH excluding ortho intramolecular Hbond substituents is 1. The lowest BCUT2D eigenvalue weighted by atomic mass is 9.98. The van der Waals surface area contributed by atoms with Gasteiger partial charge in [-0.3, -0.25) is 9.97 Å². The summed E-state index contributed by atoms with van der Waals surface area (Å²) in [5.41, 5.74) is 13.9. The van der Waals surface area contributed by atoms with E-state index in [0.717, 1.165) is 123 Å². The Hall–Kier alpha value is -9.10. The first kappa shape index (κ1) is 48.8. The number of fused-ring (bicyclic) bond motifs is 5. The summed E-state index contributed by atoms with van der Waals surface area (Å²) in [5, 5.41) is 13.9. The van der Waals surface area contributed by atoms with E-state index < -0.39 is 0 Å². The second-order valence-corrected chi connectivity index (χ2v) is 18.9. The van der Waals surface area contributed by atoms with E-state index in [-0.39, 0.29) is 12.4 Å². The number of hydrogen-bond acceptors (Lipinski definition) is 12. The number of aryl methyl sites for hydroxylation is 2. The minimum atomic E-state index is 0.234. The standard InChI is InChI=1S/C65H54N4O8/c1-41-58(44-7-17-52(70)18-8-44)37-50-5-6-51-38-59(42(2)67-65(51)64(50)66-41)45-9-19-55(20-10-45)77-40-43-35-56-39-57(36-43)76-34-30-72-28-32-74-54-23-13-47(14-24-54)61-26-16-49-4-3-48-15-25-60(68-62(48)63(49)69-61)46-11-21-53(22-12-46)73-31-27-71-29-33-75-56/h3-26,35-39,70H,27-34,40H2,1-2H3. The van der Waals surface area contributed by atoms with Gasteiger partial charge < -0.3 is 38.3 Å². The van der Waals surface area contributed by atoms with E-state index in [2.05, 4.69) is 60.7 Å². The van der Waals surface area contributed by atoms with Crippen molar-refractivity contribution < 1.29 is 38.3 Å². The molecule has 0 atom stereocenters. The Morgan fingerprint density at radius 2 is 0.766 bits per heavy atom. The minimum absolute atomic E-state index is 0.234. The summed E-state index contributed by atoms with van der Waals surface area (Å²) in [6, 6.07) is 58.0. The molecule has 0 spiro atoms. The molecule has 0 unspecified atom stereocenters. The average molecular weight is 1020 g/mol. The number of benzene rings is 7. The molecule has 3 aliphatic rings. The van der Waals surface area contributed by atoms with Gasteiger partial charge in [-0.1, -0.05) is 60.7 Å². The number of ether oxygens (including phenoxy) is 7. The molecule has 4 aromatic heterocycles. The van der Waals surface area contributed by atoms with Crippen LogP contribution in [0.15, 0.2) is 176 Å². The lowest BCUT2D eigenvalue weighted by Gasteiger charge is -2.14. The maximum atomic E-state index is 9.82. The van der Waals surface area contributed by atoms with Crippen molar-refractivity contribution >= 4 is 43.6 Å². The van der Waals surface area contributed by atoms with Crippen molar-refractivity contribution in [2.45, 2.75) is 20.5 Å². The van der Waals surface area contributed by atoms with Crippen LogP contribution >= 0.6 is 0 Å². The Kier molecular flexibility index (Phi) is 14.0. The van der Waals surface area contributed by atoms with Gasteiger partial charge in [0.25, 0.3) is 0 Å². The van der Waals surface area contributed by atoms with E-state index in [1.54, 1.807) is 12.1 Å². The molecule has 0 saturated heterocycles. The molecule has 0 saturated carbocycles. The highest BCUT2D eigenvalue weighted by molar-refractivity contribution is 6.06. The highest BCUT2D eigenvalue weighted by atomic mass is 16.6. The number of aromatic hydroxyl groups is 1. The topological polar surface area (TPSA) is 136 Å². The quantitative estimate of drug-likeness (QED) is 0.164. The second kappa shape index (κ2) is 22.0.